The number of nitrogens with zero attached hydrogens (tertiary/aromatic N) is 5. The molecule has 0 aliphatic carbocycles. The third-order valence-electron chi connectivity index (χ3n) is 10.9. The van der Waals surface area contributed by atoms with Crippen LogP contribution in [-0.4, -0.2) is 152 Å². The quantitative estimate of drug-likeness (QED) is 0.294. The Morgan fingerprint density at radius 2 is 1.61 bits per heavy atom. The van der Waals surface area contributed by atoms with Crippen LogP contribution in [0, 0.1) is 0 Å². The molecule has 51 heavy (non-hydrogen) atoms. The van der Waals surface area contributed by atoms with Crippen molar-refractivity contribution in [2.45, 2.75) is 63.6 Å². The number of benzene rings is 2. The molecule has 1 atom stereocenters. The number of hydrogen-bond donors (Lipinski definition) is 2. The van der Waals surface area contributed by atoms with Crippen LogP contribution in [0.4, 0.5) is 15.3 Å². The summed E-state index contributed by atoms with van der Waals surface area (Å²) in [7, 11) is 1.80. The van der Waals surface area contributed by atoms with Gasteiger partial charge in [0.15, 0.2) is 6.10 Å². The molecule has 4 heterocycles. The largest absolute Gasteiger partial charge is 0.509 e. The molecule has 274 valence electrons. The van der Waals surface area contributed by atoms with Crippen molar-refractivity contribution in [3.63, 3.8) is 0 Å². The van der Waals surface area contributed by atoms with Gasteiger partial charge in [-0.15, -0.1) is 0 Å². The van der Waals surface area contributed by atoms with Gasteiger partial charge >= 0.3 is 18.1 Å². The van der Waals surface area contributed by atoms with Crippen molar-refractivity contribution in [1.29, 1.82) is 0 Å². The summed E-state index contributed by atoms with van der Waals surface area (Å²) in [6.07, 6.45) is 2.60. The number of phenols is 1. The van der Waals surface area contributed by atoms with Crippen LogP contribution in [-0.2, 0) is 31.9 Å². The maximum Gasteiger partial charge on any atom is 0.410 e. The Kier molecular flexibility index (Phi) is 12.0. The Hall–Kier alpha value is -4.30. The molecule has 6 rings (SSSR count). The highest BCUT2D eigenvalue weighted by atomic mass is 16.6. The van der Waals surface area contributed by atoms with E-state index in [1.54, 1.807) is 29.8 Å². The van der Waals surface area contributed by atoms with Gasteiger partial charge in [0.1, 0.15) is 13.6 Å². The highest BCUT2D eigenvalue weighted by molar-refractivity contribution is 6.34. The lowest BCUT2D eigenvalue weighted by Gasteiger charge is -2.43. The van der Waals surface area contributed by atoms with Gasteiger partial charge in [-0.25, -0.2) is 9.59 Å². The predicted molar refractivity (Wildman–Crippen MR) is 195 cm³/mol. The molecule has 13 nitrogen and oxygen atoms in total. The smallest absolute Gasteiger partial charge is 0.410 e. The van der Waals surface area contributed by atoms with E-state index in [0.717, 1.165) is 62.3 Å². The summed E-state index contributed by atoms with van der Waals surface area (Å²) in [4.78, 5) is 62.6. The lowest BCUT2D eigenvalue weighted by molar-refractivity contribution is -0.144. The van der Waals surface area contributed by atoms with Gasteiger partial charge in [0.25, 0.3) is 5.91 Å². The molecule has 14 heteroatoms. The summed E-state index contributed by atoms with van der Waals surface area (Å²) in [5, 5.41) is 13.1. The number of urea groups is 1. The fourth-order valence-corrected chi connectivity index (χ4v) is 7.88. The molecule has 0 spiro atoms. The van der Waals surface area contributed by atoms with Crippen molar-refractivity contribution < 1.29 is 33.8 Å². The van der Waals surface area contributed by atoms with E-state index in [-0.39, 0.29) is 36.1 Å². The van der Waals surface area contributed by atoms with Crippen molar-refractivity contribution in [2.24, 2.45) is 0 Å². The minimum Gasteiger partial charge on any atom is -0.509 e. The summed E-state index contributed by atoms with van der Waals surface area (Å²) in [6.45, 7) is 8.22. The third kappa shape index (κ3) is 9.15. The number of fused-ring (bicyclic) bond motifs is 1. The van der Waals surface area contributed by atoms with Crippen molar-refractivity contribution in [3.05, 3.63) is 53.6 Å². The first kappa shape index (κ1) is 36.5. The number of phenolic OH excluding ortho intramolecular Hbond substituents is 1. The van der Waals surface area contributed by atoms with E-state index in [0.29, 0.717) is 70.2 Å². The number of nitrogens with one attached hydrogen (secondary N) is 1. The minimum atomic E-state index is -1.01. The minimum absolute atomic E-state index is 0.00172. The number of esters is 1. The van der Waals surface area contributed by atoms with Crippen LogP contribution in [0.15, 0.2) is 42.5 Å². The molecule has 4 amide bonds. The van der Waals surface area contributed by atoms with Gasteiger partial charge in [-0.05, 0) is 67.8 Å². The van der Waals surface area contributed by atoms with Crippen molar-refractivity contribution in [2.75, 3.05) is 77.4 Å². The molecule has 0 aromatic heterocycles. The highest BCUT2D eigenvalue weighted by Gasteiger charge is 2.36. The second kappa shape index (κ2) is 16.8. The fraction of sp³-hybridized carbons (Fsp3) is 0.568. The number of hydrogen-bond acceptors (Lipinski definition) is 9. The van der Waals surface area contributed by atoms with Crippen molar-refractivity contribution in [3.8, 4) is 5.75 Å². The SMILES string of the molecule is Bc1cc(C[C@@H](OC(=O)N2CCC(N3CCc4ccccc4NC3=O)CC2)C(=O)N2CCN(C3CCN(CC(=O)OCC)CC3)CC2)ccc1O. The average molecular weight is 703 g/mol. The highest BCUT2D eigenvalue weighted by Crippen LogP contribution is 2.26. The average Bonchev–Trinajstić information content (AvgIpc) is 3.31. The van der Waals surface area contributed by atoms with Gasteiger partial charge in [0.2, 0.25) is 0 Å². The van der Waals surface area contributed by atoms with E-state index in [1.165, 1.54) is 0 Å². The predicted octanol–water partition coefficient (Wildman–Crippen LogP) is 1.42. The number of amides is 4. The zero-order valence-corrected chi connectivity index (χ0v) is 29.9. The summed E-state index contributed by atoms with van der Waals surface area (Å²) < 4.78 is 11.1. The maximum atomic E-state index is 14.0. The van der Waals surface area contributed by atoms with E-state index in [4.69, 9.17) is 9.47 Å². The first-order valence-corrected chi connectivity index (χ1v) is 18.5. The number of rotatable bonds is 9. The van der Waals surface area contributed by atoms with E-state index in [2.05, 4.69) is 15.1 Å². The molecule has 3 saturated heterocycles. The molecule has 3 fully saturated rings. The molecule has 4 aliphatic rings. The molecular formula is C37H51BN6O7. The number of piperidine rings is 2. The number of carbonyl (C=O) groups excluding carboxylic acids is 4. The van der Waals surface area contributed by atoms with Crippen LogP contribution in [0.2, 0.25) is 0 Å². The summed E-state index contributed by atoms with van der Waals surface area (Å²) in [5.74, 6) is -0.223. The van der Waals surface area contributed by atoms with Gasteiger partial charge in [0, 0.05) is 83.1 Å². The molecular weight excluding hydrogens is 651 g/mol. The van der Waals surface area contributed by atoms with E-state index in [1.807, 2.05) is 42.2 Å². The zero-order chi connectivity index (χ0) is 35.9. The van der Waals surface area contributed by atoms with E-state index in [9.17, 15) is 24.3 Å². The van der Waals surface area contributed by atoms with Gasteiger partial charge in [-0.3, -0.25) is 19.4 Å². The van der Waals surface area contributed by atoms with Gasteiger partial charge < -0.3 is 34.6 Å². The number of aromatic hydroxyl groups is 1. The number of para-hydroxylation sites is 1. The lowest BCUT2D eigenvalue weighted by atomic mass is 9.91. The second-order valence-corrected chi connectivity index (χ2v) is 14.1. The van der Waals surface area contributed by atoms with Gasteiger partial charge in [0.05, 0.1) is 13.2 Å². The Morgan fingerprint density at radius 1 is 0.902 bits per heavy atom. The van der Waals surface area contributed by atoms with Crippen LogP contribution < -0.4 is 10.8 Å². The number of anilines is 1. The van der Waals surface area contributed by atoms with Crippen molar-refractivity contribution >= 4 is 43.0 Å². The molecule has 4 aliphatic heterocycles. The Balaban J connectivity index is 1.03. The van der Waals surface area contributed by atoms with E-state index < -0.39 is 12.2 Å². The number of ether oxygens (including phenoxy) is 2. The Morgan fingerprint density at radius 3 is 2.31 bits per heavy atom. The summed E-state index contributed by atoms with van der Waals surface area (Å²) in [6, 6.07) is 13.3. The molecule has 2 aromatic rings. The normalized spacial score (nSPS) is 20.3. The Labute approximate surface area is 301 Å². The van der Waals surface area contributed by atoms with Crippen molar-refractivity contribution in [1.82, 2.24) is 24.5 Å². The van der Waals surface area contributed by atoms with E-state index >= 15 is 0 Å². The number of likely N-dealkylation sites (tertiary alicyclic amines) is 2. The first-order valence-electron chi connectivity index (χ1n) is 18.5. The second-order valence-electron chi connectivity index (χ2n) is 14.1. The number of carbonyl (C=O) groups is 4. The molecule has 0 saturated carbocycles. The van der Waals surface area contributed by atoms with Gasteiger partial charge in [-0.2, -0.15) is 0 Å². The van der Waals surface area contributed by atoms with Crippen LogP contribution in [0.3, 0.4) is 0 Å². The molecule has 0 radical (unpaired) electrons. The summed E-state index contributed by atoms with van der Waals surface area (Å²) in [5.41, 5.74) is 3.45. The van der Waals surface area contributed by atoms with Gasteiger partial charge in [-0.1, -0.05) is 30.3 Å². The molecule has 2 N–H and O–H groups in total. The third-order valence-corrected chi connectivity index (χ3v) is 10.9. The van der Waals surface area contributed by atoms with Crippen LogP contribution in [0.1, 0.15) is 43.7 Å². The van der Waals surface area contributed by atoms with Crippen LogP contribution in [0.5, 0.6) is 5.75 Å². The standard InChI is InChI=1S/C37H51BN6O7/c1-2-50-34(46)25-40-14-10-28(11-15-40)41-19-21-42(22-20-41)35(47)33(24-26-7-8-32(45)30(38)23-26)51-37(49)43-16-12-29(13-17-43)44-18-9-27-5-3-4-6-31(27)39-36(44)48/h3-8,23,28-29,33,45H,2,9-22,24-25,38H2,1H3,(H,39,48)/t33-/m1/s1. The fourth-order valence-electron chi connectivity index (χ4n) is 7.88. The van der Waals surface area contributed by atoms with Crippen LogP contribution >= 0.6 is 0 Å². The monoisotopic (exact) mass is 702 g/mol. The maximum absolute atomic E-state index is 14.0. The first-order chi connectivity index (χ1) is 24.7. The molecule has 0 bridgehead atoms. The molecule has 0 unspecified atom stereocenters. The molecule has 2 aromatic carbocycles. The zero-order valence-electron chi connectivity index (χ0n) is 29.9. The topological polar surface area (TPSA) is 135 Å². The lowest BCUT2D eigenvalue weighted by Crippen LogP contribution is -2.57. The summed E-state index contributed by atoms with van der Waals surface area (Å²) >= 11 is 0. The Bertz CT molecular complexity index is 1550. The van der Waals surface area contributed by atoms with Crippen LogP contribution in [0.25, 0.3) is 0 Å². The number of piperazine rings is 1.